The highest BCUT2D eigenvalue weighted by molar-refractivity contribution is 6.33. The lowest BCUT2D eigenvalue weighted by molar-refractivity contribution is 0.0952. The van der Waals surface area contributed by atoms with Gasteiger partial charge in [0.1, 0.15) is 10.3 Å². The molecule has 1 amide bonds. The van der Waals surface area contributed by atoms with Crippen LogP contribution >= 0.6 is 23.2 Å². The molecule has 1 rings (SSSR count). The van der Waals surface area contributed by atoms with Crippen LogP contribution in [0.2, 0.25) is 10.3 Å². The van der Waals surface area contributed by atoms with Gasteiger partial charge in [-0.3, -0.25) is 4.79 Å². The smallest absolute Gasteiger partial charge is 0.251 e. The second kappa shape index (κ2) is 7.56. The van der Waals surface area contributed by atoms with Crippen LogP contribution < -0.4 is 5.32 Å². The van der Waals surface area contributed by atoms with E-state index >= 15 is 0 Å². The predicted octanol–water partition coefficient (Wildman–Crippen LogP) is 2.46. The molecule has 0 aliphatic heterocycles. The summed E-state index contributed by atoms with van der Waals surface area (Å²) in [7, 11) is 4.05. The van der Waals surface area contributed by atoms with Crippen molar-refractivity contribution in [3.63, 3.8) is 0 Å². The van der Waals surface area contributed by atoms with Gasteiger partial charge in [-0.1, -0.05) is 23.2 Å². The Hall–Kier alpha value is -0.840. The number of amides is 1. The van der Waals surface area contributed by atoms with Crippen molar-refractivity contribution in [3.05, 3.63) is 28.0 Å². The van der Waals surface area contributed by atoms with Crippen LogP contribution in [0.1, 0.15) is 23.2 Å². The van der Waals surface area contributed by atoms with Gasteiger partial charge in [-0.05, 0) is 45.6 Å². The predicted molar refractivity (Wildman–Crippen MR) is 74.4 cm³/mol. The van der Waals surface area contributed by atoms with Crippen molar-refractivity contribution in [1.29, 1.82) is 0 Å². The van der Waals surface area contributed by atoms with Gasteiger partial charge in [-0.2, -0.15) is 0 Å². The SMILES string of the molecule is CN(C)CCCCNC(=O)c1cc(Cl)nc(Cl)c1. The second-order valence-electron chi connectivity index (χ2n) is 4.27. The van der Waals surface area contributed by atoms with Gasteiger partial charge in [0, 0.05) is 12.1 Å². The van der Waals surface area contributed by atoms with E-state index in [2.05, 4.69) is 15.2 Å². The van der Waals surface area contributed by atoms with Crippen LogP contribution in [0, 0.1) is 0 Å². The number of nitrogens with one attached hydrogen (secondary N) is 1. The van der Waals surface area contributed by atoms with E-state index in [0.29, 0.717) is 12.1 Å². The molecule has 1 N–H and O–H groups in total. The molecule has 1 heterocycles. The summed E-state index contributed by atoms with van der Waals surface area (Å²) in [6.07, 6.45) is 1.99. The lowest BCUT2D eigenvalue weighted by atomic mass is 10.2. The van der Waals surface area contributed by atoms with Crippen molar-refractivity contribution in [3.8, 4) is 0 Å². The van der Waals surface area contributed by atoms with Crippen molar-refractivity contribution in [2.24, 2.45) is 0 Å². The Kier molecular flexibility index (Phi) is 6.39. The summed E-state index contributed by atoms with van der Waals surface area (Å²) in [5.41, 5.74) is 0.438. The van der Waals surface area contributed by atoms with Crippen LogP contribution in [0.4, 0.5) is 0 Å². The zero-order chi connectivity index (χ0) is 13.5. The van der Waals surface area contributed by atoms with Crippen molar-refractivity contribution in [2.45, 2.75) is 12.8 Å². The second-order valence-corrected chi connectivity index (χ2v) is 5.04. The molecule has 1 aromatic rings. The number of nitrogens with zero attached hydrogens (tertiary/aromatic N) is 2. The van der Waals surface area contributed by atoms with Crippen molar-refractivity contribution >= 4 is 29.1 Å². The van der Waals surface area contributed by atoms with E-state index in [4.69, 9.17) is 23.2 Å². The number of unbranched alkanes of at least 4 members (excludes halogenated alkanes) is 1. The maximum atomic E-state index is 11.8. The van der Waals surface area contributed by atoms with Gasteiger partial charge < -0.3 is 10.2 Å². The minimum Gasteiger partial charge on any atom is -0.352 e. The molecule has 0 unspecified atom stereocenters. The van der Waals surface area contributed by atoms with E-state index in [0.717, 1.165) is 19.4 Å². The third-order valence-electron chi connectivity index (χ3n) is 2.34. The number of carbonyl (C=O) groups excluding carboxylic acids is 1. The van der Waals surface area contributed by atoms with Crippen LogP contribution in [0.3, 0.4) is 0 Å². The number of pyridine rings is 1. The Morgan fingerprint density at radius 3 is 2.44 bits per heavy atom. The topological polar surface area (TPSA) is 45.2 Å². The molecule has 18 heavy (non-hydrogen) atoms. The third kappa shape index (κ3) is 5.67. The summed E-state index contributed by atoms with van der Waals surface area (Å²) in [6, 6.07) is 3.01. The average molecular weight is 290 g/mol. The summed E-state index contributed by atoms with van der Waals surface area (Å²) < 4.78 is 0. The summed E-state index contributed by atoms with van der Waals surface area (Å²) in [5, 5.41) is 3.27. The van der Waals surface area contributed by atoms with Crippen molar-refractivity contribution < 1.29 is 4.79 Å². The molecular weight excluding hydrogens is 273 g/mol. The summed E-state index contributed by atoms with van der Waals surface area (Å²) >= 11 is 11.5. The zero-order valence-corrected chi connectivity index (χ0v) is 12.1. The van der Waals surface area contributed by atoms with Crippen LogP contribution in [0.5, 0.6) is 0 Å². The molecule has 0 radical (unpaired) electrons. The molecule has 0 atom stereocenters. The largest absolute Gasteiger partial charge is 0.352 e. The van der Waals surface area contributed by atoms with Gasteiger partial charge in [-0.15, -0.1) is 0 Å². The normalized spacial score (nSPS) is 10.7. The van der Waals surface area contributed by atoms with Gasteiger partial charge in [0.25, 0.3) is 5.91 Å². The highest BCUT2D eigenvalue weighted by Crippen LogP contribution is 2.14. The first-order valence-corrected chi connectivity index (χ1v) is 6.50. The summed E-state index contributed by atoms with van der Waals surface area (Å²) in [4.78, 5) is 17.7. The van der Waals surface area contributed by atoms with Crippen molar-refractivity contribution in [2.75, 3.05) is 27.2 Å². The van der Waals surface area contributed by atoms with Crippen LogP contribution in [-0.2, 0) is 0 Å². The fourth-order valence-electron chi connectivity index (χ4n) is 1.45. The molecule has 0 aliphatic carbocycles. The highest BCUT2D eigenvalue weighted by Gasteiger charge is 2.07. The van der Waals surface area contributed by atoms with E-state index < -0.39 is 0 Å². The first kappa shape index (κ1) is 15.2. The van der Waals surface area contributed by atoms with Gasteiger partial charge in [-0.25, -0.2) is 4.98 Å². The molecule has 0 saturated heterocycles. The Bertz CT molecular complexity index is 390. The third-order valence-corrected chi connectivity index (χ3v) is 2.73. The molecule has 100 valence electrons. The number of hydrogen-bond donors (Lipinski definition) is 1. The minimum atomic E-state index is -0.175. The molecule has 1 aromatic heterocycles. The van der Waals surface area contributed by atoms with E-state index in [1.165, 1.54) is 12.1 Å². The van der Waals surface area contributed by atoms with Gasteiger partial charge in [0.15, 0.2) is 0 Å². The van der Waals surface area contributed by atoms with Crippen molar-refractivity contribution in [1.82, 2.24) is 15.2 Å². The molecule has 6 heteroatoms. The fraction of sp³-hybridized carbons (Fsp3) is 0.500. The Morgan fingerprint density at radius 1 is 1.28 bits per heavy atom. The van der Waals surface area contributed by atoms with E-state index in [9.17, 15) is 4.79 Å². The maximum Gasteiger partial charge on any atom is 0.251 e. The molecule has 4 nitrogen and oxygen atoms in total. The average Bonchev–Trinajstić information content (AvgIpc) is 2.26. The van der Waals surface area contributed by atoms with Crippen LogP contribution in [0.15, 0.2) is 12.1 Å². The van der Waals surface area contributed by atoms with Gasteiger partial charge in [0.2, 0.25) is 0 Å². The molecule has 0 saturated carbocycles. The number of rotatable bonds is 6. The lowest BCUT2D eigenvalue weighted by Gasteiger charge is -2.09. The lowest BCUT2D eigenvalue weighted by Crippen LogP contribution is -2.25. The molecule has 0 aromatic carbocycles. The first-order valence-electron chi connectivity index (χ1n) is 5.75. The highest BCUT2D eigenvalue weighted by atomic mass is 35.5. The van der Waals surface area contributed by atoms with Crippen LogP contribution in [0.25, 0.3) is 0 Å². The molecular formula is C12H17Cl2N3O. The molecule has 0 bridgehead atoms. The van der Waals surface area contributed by atoms with E-state index in [1.807, 2.05) is 14.1 Å². The van der Waals surface area contributed by atoms with Gasteiger partial charge >= 0.3 is 0 Å². The molecule has 0 spiro atoms. The summed E-state index contributed by atoms with van der Waals surface area (Å²) in [5.74, 6) is -0.175. The number of hydrogen-bond acceptors (Lipinski definition) is 3. The van der Waals surface area contributed by atoms with Crippen LogP contribution in [-0.4, -0.2) is 43.0 Å². The Morgan fingerprint density at radius 2 is 1.89 bits per heavy atom. The molecule has 0 fully saturated rings. The summed E-state index contributed by atoms with van der Waals surface area (Å²) in [6.45, 7) is 1.66. The number of carbonyl (C=O) groups is 1. The zero-order valence-electron chi connectivity index (χ0n) is 10.5. The van der Waals surface area contributed by atoms with E-state index in [1.54, 1.807) is 0 Å². The first-order chi connectivity index (χ1) is 8.49. The number of halogens is 2. The maximum absolute atomic E-state index is 11.8. The Balaban J connectivity index is 2.36. The van der Waals surface area contributed by atoms with Gasteiger partial charge in [0.05, 0.1) is 0 Å². The minimum absolute atomic E-state index is 0.175. The monoisotopic (exact) mass is 289 g/mol. The Labute approximate surface area is 117 Å². The standard InChI is InChI=1S/C12H17Cl2N3O/c1-17(2)6-4-3-5-15-12(18)9-7-10(13)16-11(14)8-9/h7-8H,3-6H2,1-2H3,(H,15,18). The fourth-order valence-corrected chi connectivity index (χ4v) is 1.91. The quantitative estimate of drug-likeness (QED) is 0.646. The van der Waals surface area contributed by atoms with E-state index in [-0.39, 0.29) is 16.2 Å². The molecule has 0 aliphatic rings. The number of aromatic nitrogens is 1.